The number of piperidine rings is 1. The van der Waals surface area contributed by atoms with E-state index in [1.807, 2.05) is 6.07 Å². The molecule has 3 aromatic rings. The Balaban J connectivity index is 1.61. The van der Waals surface area contributed by atoms with E-state index >= 15 is 0 Å². The fraction of sp³-hybridized carbons (Fsp3) is 0.353. The van der Waals surface area contributed by atoms with Crippen LogP contribution in [0.2, 0.25) is 0 Å². The number of esters is 1. The van der Waals surface area contributed by atoms with Gasteiger partial charge in [-0.2, -0.15) is 26.3 Å². The van der Waals surface area contributed by atoms with Gasteiger partial charge in [0.05, 0.1) is 36.5 Å². The average Bonchev–Trinajstić information content (AvgIpc) is 3.02. The minimum atomic E-state index is -4.97. The molecule has 0 radical (unpaired) electrons. The lowest BCUT2D eigenvalue weighted by atomic mass is 9.79. The summed E-state index contributed by atoms with van der Waals surface area (Å²) in [4.78, 5) is 27.4. The molecule has 0 aliphatic carbocycles. The number of carbonyl (C=O) groups excluding carboxylic acids is 2. The summed E-state index contributed by atoms with van der Waals surface area (Å²) in [6.07, 6.45) is -8.88. The zero-order valence-electron chi connectivity index (χ0n) is 25.0. The number of rotatable bonds is 10. The average molecular weight is 650 g/mol. The van der Waals surface area contributed by atoms with Crippen molar-refractivity contribution < 1.29 is 50.1 Å². The Kier molecular flexibility index (Phi) is 11.2. The number of ether oxygens (including phenoxy) is 3. The number of nitrogens with zero attached hydrogens (tertiary/aromatic N) is 1. The van der Waals surface area contributed by atoms with Crippen molar-refractivity contribution in [2.24, 2.45) is 0 Å². The van der Waals surface area contributed by atoms with Crippen molar-refractivity contribution in [1.29, 1.82) is 0 Å². The summed E-state index contributed by atoms with van der Waals surface area (Å²) in [5.74, 6) is -0.558. The Labute approximate surface area is 262 Å². The highest BCUT2D eigenvalue weighted by atomic mass is 19.4. The number of halogens is 6. The molecule has 0 aromatic heterocycles. The zero-order chi connectivity index (χ0) is 33.4. The fourth-order valence-corrected chi connectivity index (χ4v) is 5.32. The number of alkyl halides is 6. The predicted molar refractivity (Wildman–Crippen MR) is 156 cm³/mol. The van der Waals surface area contributed by atoms with Gasteiger partial charge in [0.1, 0.15) is 6.61 Å². The van der Waals surface area contributed by atoms with Gasteiger partial charge < -0.3 is 14.2 Å². The number of hydrogen-bond donors (Lipinski definition) is 0. The third-order valence-electron chi connectivity index (χ3n) is 7.61. The highest BCUT2D eigenvalue weighted by molar-refractivity contribution is 5.83. The minimum Gasteiger partial charge on any atom is -0.463 e. The smallest absolute Gasteiger partial charge is 0.416 e. The first-order chi connectivity index (χ1) is 21.8. The number of amides is 1. The summed E-state index contributed by atoms with van der Waals surface area (Å²) >= 11 is 0. The Bertz CT molecular complexity index is 1480. The lowest BCUT2D eigenvalue weighted by Gasteiger charge is -2.47. The lowest BCUT2D eigenvalue weighted by molar-refractivity contribution is -0.143. The van der Waals surface area contributed by atoms with Gasteiger partial charge >= 0.3 is 24.4 Å². The molecule has 46 heavy (non-hydrogen) atoms. The predicted octanol–water partition coefficient (Wildman–Crippen LogP) is 8.10. The molecule has 6 nitrogen and oxygen atoms in total. The molecular weight excluding hydrogens is 616 g/mol. The maximum absolute atomic E-state index is 13.7. The number of likely N-dealkylation sites (tertiary alicyclic amines) is 1. The van der Waals surface area contributed by atoms with Crippen LogP contribution in [-0.4, -0.2) is 43.3 Å². The first-order valence-electron chi connectivity index (χ1n) is 14.6. The minimum absolute atomic E-state index is 0.00668. The molecule has 1 saturated heterocycles. The molecule has 1 amide bonds. The Hall–Kier alpha value is -4.32. The van der Waals surface area contributed by atoms with Gasteiger partial charge in [-0.25, -0.2) is 9.59 Å². The van der Waals surface area contributed by atoms with Crippen LogP contribution in [0.3, 0.4) is 0 Å². The van der Waals surface area contributed by atoms with Crippen LogP contribution in [0.15, 0.2) is 90.5 Å². The summed E-state index contributed by atoms with van der Waals surface area (Å²) in [5, 5.41) is 0. The van der Waals surface area contributed by atoms with E-state index in [1.165, 1.54) is 11.0 Å². The van der Waals surface area contributed by atoms with Crippen molar-refractivity contribution in [2.75, 3.05) is 26.4 Å². The van der Waals surface area contributed by atoms with Gasteiger partial charge in [-0.15, -0.1) is 0 Å². The first-order valence-corrected chi connectivity index (χ1v) is 14.6. The van der Waals surface area contributed by atoms with E-state index in [2.05, 4.69) is 0 Å². The van der Waals surface area contributed by atoms with E-state index in [0.29, 0.717) is 29.7 Å². The molecule has 0 spiro atoms. The van der Waals surface area contributed by atoms with E-state index in [4.69, 9.17) is 14.2 Å². The lowest BCUT2D eigenvalue weighted by Crippen LogP contribution is -2.55. The number of carbonyl (C=O) groups is 2. The van der Waals surface area contributed by atoms with Crippen LogP contribution >= 0.6 is 0 Å². The van der Waals surface area contributed by atoms with E-state index in [1.54, 1.807) is 61.5 Å². The molecule has 12 heteroatoms. The van der Waals surface area contributed by atoms with Crippen LogP contribution in [-0.2, 0) is 49.9 Å². The van der Waals surface area contributed by atoms with Gasteiger partial charge in [-0.05, 0) is 66.6 Å². The number of benzene rings is 3. The molecule has 246 valence electrons. The summed E-state index contributed by atoms with van der Waals surface area (Å²) in [6.45, 7) is 1.43. The van der Waals surface area contributed by atoms with E-state index in [9.17, 15) is 35.9 Å². The maximum Gasteiger partial charge on any atom is 0.416 e. The molecule has 1 aliphatic rings. The number of hydrogen-bond acceptors (Lipinski definition) is 5. The summed E-state index contributed by atoms with van der Waals surface area (Å²) in [7, 11) is 0. The molecule has 0 bridgehead atoms. The Morgan fingerprint density at radius 2 is 1.46 bits per heavy atom. The first kappa shape index (κ1) is 34.6. The van der Waals surface area contributed by atoms with Crippen LogP contribution in [0, 0.1) is 0 Å². The second kappa shape index (κ2) is 14.8. The van der Waals surface area contributed by atoms with E-state index in [0.717, 1.165) is 5.56 Å². The van der Waals surface area contributed by atoms with Gasteiger partial charge in [-0.3, -0.25) is 4.90 Å². The van der Waals surface area contributed by atoms with E-state index < -0.39 is 41.1 Å². The van der Waals surface area contributed by atoms with Crippen molar-refractivity contribution in [3.8, 4) is 0 Å². The third kappa shape index (κ3) is 8.90. The quantitative estimate of drug-likeness (QED) is 0.0962. The molecule has 1 unspecified atom stereocenters. The maximum atomic E-state index is 13.7. The largest absolute Gasteiger partial charge is 0.463 e. The van der Waals surface area contributed by atoms with Crippen LogP contribution in [0.5, 0.6) is 0 Å². The Morgan fingerprint density at radius 3 is 2.04 bits per heavy atom. The second-order valence-electron chi connectivity index (χ2n) is 10.8. The van der Waals surface area contributed by atoms with Gasteiger partial charge in [0, 0.05) is 12.6 Å². The second-order valence-corrected chi connectivity index (χ2v) is 10.8. The highest BCUT2D eigenvalue weighted by Gasteiger charge is 2.46. The molecule has 0 saturated carbocycles. The van der Waals surface area contributed by atoms with Gasteiger partial charge in [0.2, 0.25) is 0 Å². The monoisotopic (exact) mass is 649 g/mol. The molecule has 4 rings (SSSR count). The van der Waals surface area contributed by atoms with E-state index in [-0.39, 0.29) is 57.4 Å². The molecule has 1 heterocycles. The molecule has 0 N–H and O–H groups in total. The zero-order valence-corrected chi connectivity index (χ0v) is 25.0. The van der Waals surface area contributed by atoms with Crippen LogP contribution in [0.4, 0.5) is 31.1 Å². The normalized spacial score (nSPS) is 18.0. The molecule has 3 aromatic carbocycles. The van der Waals surface area contributed by atoms with Crippen molar-refractivity contribution in [3.05, 3.63) is 118 Å². The van der Waals surface area contributed by atoms with Crippen molar-refractivity contribution in [1.82, 2.24) is 4.90 Å². The summed E-state index contributed by atoms with van der Waals surface area (Å²) in [6, 6.07) is 19.4. The molecule has 1 aliphatic heterocycles. The van der Waals surface area contributed by atoms with Gasteiger partial charge in [0.15, 0.2) is 0 Å². The fourth-order valence-electron chi connectivity index (χ4n) is 5.32. The van der Waals surface area contributed by atoms with Crippen molar-refractivity contribution in [2.45, 2.75) is 50.7 Å². The van der Waals surface area contributed by atoms with Gasteiger partial charge in [-0.1, -0.05) is 60.7 Å². The molecular formula is C34H33F6NO5. The third-order valence-corrected chi connectivity index (χ3v) is 7.61. The molecule has 1 atom stereocenters. The Morgan fingerprint density at radius 1 is 0.848 bits per heavy atom. The SMILES string of the molecule is CCOC(=O)C=C1CCC(COCCc2cc(C(F)(F)F)cc(C(F)(F)F)c2)(c2ccccc2)N(C(=O)OCc2ccccc2)C1. The van der Waals surface area contributed by atoms with Gasteiger partial charge in [0.25, 0.3) is 0 Å². The van der Waals surface area contributed by atoms with Crippen LogP contribution in [0.25, 0.3) is 0 Å². The molecule has 1 fully saturated rings. The standard InChI is InChI=1S/C34H33F6NO5/c1-2-45-30(42)19-26-13-15-32(27-11-7-4-8-12-27,41(21-26)31(43)46-22-24-9-5-3-6-10-24)23-44-16-14-25-17-28(33(35,36)37)20-29(18-25)34(38,39)40/h3-12,17-20H,2,13-16,21-23H2,1H3. The topological polar surface area (TPSA) is 65.1 Å². The van der Waals surface area contributed by atoms with Crippen LogP contribution in [0.1, 0.15) is 47.6 Å². The summed E-state index contributed by atoms with van der Waals surface area (Å²) in [5.41, 5.74) is -2.09. The van der Waals surface area contributed by atoms with Crippen molar-refractivity contribution in [3.63, 3.8) is 0 Å². The van der Waals surface area contributed by atoms with Crippen molar-refractivity contribution >= 4 is 12.1 Å². The van der Waals surface area contributed by atoms with Crippen LogP contribution < -0.4 is 0 Å². The summed E-state index contributed by atoms with van der Waals surface area (Å²) < 4.78 is 96.9. The highest BCUT2D eigenvalue weighted by Crippen LogP contribution is 2.41.